The van der Waals surface area contributed by atoms with Crippen LogP contribution in [0.5, 0.6) is 0 Å². The molecule has 1 amide bonds. The number of hydrogen-bond acceptors (Lipinski definition) is 2. The van der Waals surface area contributed by atoms with Gasteiger partial charge in [0.1, 0.15) is 0 Å². The van der Waals surface area contributed by atoms with Crippen molar-refractivity contribution in [1.82, 2.24) is 10.6 Å². The maximum Gasteiger partial charge on any atom is 0.233 e. The van der Waals surface area contributed by atoms with Gasteiger partial charge in [0.05, 0.1) is 6.54 Å². The molecule has 0 aromatic heterocycles. The summed E-state index contributed by atoms with van der Waals surface area (Å²) in [5, 5.41) is 5.89. The largest absolute Gasteiger partial charge is 0.355 e. The summed E-state index contributed by atoms with van der Waals surface area (Å²) in [5.41, 5.74) is 2.53. The van der Waals surface area contributed by atoms with Crippen LogP contribution in [0.4, 0.5) is 0 Å². The van der Waals surface area contributed by atoms with Crippen molar-refractivity contribution >= 4 is 21.8 Å². The van der Waals surface area contributed by atoms with Crippen LogP contribution in [0.2, 0.25) is 0 Å². The van der Waals surface area contributed by atoms with Gasteiger partial charge in [0.15, 0.2) is 0 Å². The molecule has 0 aliphatic heterocycles. The highest BCUT2D eigenvalue weighted by Crippen LogP contribution is 2.16. The molecule has 17 heavy (non-hydrogen) atoms. The van der Waals surface area contributed by atoms with E-state index < -0.39 is 0 Å². The smallest absolute Gasteiger partial charge is 0.233 e. The fraction of sp³-hybridized carbons (Fsp3) is 0.462. The molecule has 0 bridgehead atoms. The lowest BCUT2D eigenvalue weighted by atomic mass is 10.1. The molecule has 0 aliphatic rings. The molecule has 0 saturated heterocycles. The topological polar surface area (TPSA) is 41.1 Å². The number of benzene rings is 1. The van der Waals surface area contributed by atoms with Crippen molar-refractivity contribution in [2.24, 2.45) is 0 Å². The molecular formula is C13H19BrN2O. The van der Waals surface area contributed by atoms with Crippen LogP contribution in [0.25, 0.3) is 0 Å². The van der Waals surface area contributed by atoms with Crippen molar-refractivity contribution in [3.63, 3.8) is 0 Å². The average Bonchev–Trinajstić information content (AvgIpc) is 2.31. The Labute approximate surface area is 111 Å². The minimum atomic E-state index is 0.0551. The number of likely N-dealkylation sites (N-methyl/N-ethyl adjacent to an activating group) is 1. The summed E-state index contributed by atoms with van der Waals surface area (Å²) in [4.78, 5) is 11.4. The van der Waals surface area contributed by atoms with Gasteiger partial charge < -0.3 is 10.6 Å². The van der Waals surface area contributed by atoms with E-state index in [2.05, 4.69) is 45.6 Å². The Balaban J connectivity index is 2.35. The van der Waals surface area contributed by atoms with Crippen molar-refractivity contribution in [3.8, 4) is 0 Å². The molecule has 1 aromatic rings. The first-order chi connectivity index (χ1) is 8.13. The van der Waals surface area contributed by atoms with Gasteiger partial charge in [-0.25, -0.2) is 0 Å². The van der Waals surface area contributed by atoms with E-state index in [0.717, 1.165) is 17.4 Å². The number of amides is 1. The average molecular weight is 299 g/mol. The lowest BCUT2D eigenvalue weighted by Gasteiger charge is -2.08. The van der Waals surface area contributed by atoms with E-state index in [1.54, 1.807) is 0 Å². The van der Waals surface area contributed by atoms with Crippen LogP contribution in [0.3, 0.4) is 0 Å². The molecule has 0 spiro atoms. The number of rotatable bonds is 6. The summed E-state index contributed by atoms with van der Waals surface area (Å²) >= 11 is 3.45. The van der Waals surface area contributed by atoms with Crippen molar-refractivity contribution in [2.75, 3.05) is 19.6 Å². The van der Waals surface area contributed by atoms with Gasteiger partial charge >= 0.3 is 0 Å². The summed E-state index contributed by atoms with van der Waals surface area (Å²) < 4.78 is 1.08. The quantitative estimate of drug-likeness (QED) is 0.844. The van der Waals surface area contributed by atoms with Crippen LogP contribution in [-0.4, -0.2) is 25.5 Å². The molecule has 1 rings (SSSR count). The second-order valence-electron chi connectivity index (χ2n) is 3.95. The van der Waals surface area contributed by atoms with Gasteiger partial charge in [-0.05, 0) is 43.1 Å². The highest BCUT2D eigenvalue weighted by atomic mass is 79.9. The minimum Gasteiger partial charge on any atom is -0.355 e. The van der Waals surface area contributed by atoms with Crippen LogP contribution in [0.1, 0.15) is 18.1 Å². The normalized spacial score (nSPS) is 10.3. The van der Waals surface area contributed by atoms with Crippen molar-refractivity contribution < 1.29 is 4.79 Å². The van der Waals surface area contributed by atoms with E-state index in [0.29, 0.717) is 13.1 Å². The highest BCUT2D eigenvalue weighted by molar-refractivity contribution is 9.10. The zero-order valence-electron chi connectivity index (χ0n) is 10.3. The van der Waals surface area contributed by atoms with Crippen LogP contribution in [0.15, 0.2) is 22.7 Å². The molecule has 94 valence electrons. The Morgan fingerprint density at radius 1 is 1.41 bits per heavy atom. The summed E-state index contributed by atoms with van der Waals surface area (Å²) in [6.07, 6.45) is 0.864. The van der Waals surface area contributed by atoms with E-state index in [4.69, 9.17) is 0 Å². The van der Waals surface area contributed by atoms with Crippen molar-refractivity contribution in [2.45, 2.75) is 20.3 Å². The minimum absolute atomic E-state index is 0.0551. The Kier molecular flexibility index (Phi) is 6.22. The van der Waals surface area contributed by atoms with E-state index in [1.165, 1.54) is 11.1 Å². The molecule has 3 nitrogen and oxygen atoms in total. The van der Waals surface area contributed by atoms with Gasteiger partial charge in [0.25, 0.3) is 0 Å². The van der Waals surface area contributed by atoms with Crippen LogP contribution in [0, 0.1) is 6.92 Å². The van der Waals surface area contributed by atoms with Gasteiger partial charge in [-0.15, -0.1) is 0 Å². The molecule has 0 aliphatic carbocycles. The first-order valence-corrected chi connectivity index (χ1v) is 6.65. The third-order valence-corrected chi connectivity index (χ3v) is 3.06. The number of nitrogens with one attached hydrogen (secondary N) is 2. The summed E-state index contributed by atoms with van der Waals surface area (Å²) in [6, 6.07) is 6.22. The van der Waals surface area contributed by atoms with Crippen molar-refractivity contribution in [1.29, 1.82) is 0 Å². The number of hydrogen-bond donors (Lipinski definition) is 2. The maximum absolute atomic E-state index is 11.4. The van der Waals surface area contributed by atoms with E-state index >= 15 is 0 Å². The zero-order chi connectivity index (χ0) is 12.7. The summed E-state index contributed by atoms with van der Waals surface area (Å²) in [5.74, 6) is 0.0551. The number of halogens is 1. The number of aryl methyl sites for hydroxylation is 1. The van der Waals surface area contributed by atoms with Crippen molar-refractivity contribution in [3.05, 3.63) is 33.8 Å². The molecule has 0 heterocycles. The van der Waals surface area contributed by atoms with E-state index in [1.807, 2.05) is 13.0 Å². The Morgan fingerprint density at radius 2 is 2.18 bits per heavy atom. The molecule has 0 atom stereocenters. The lowest BCUT2D eigenvalue weighted by molar-refractivity contribution is -0.120. The number of carbonyl (C=O) groups is 1. The number of carbonyl (C=O) groups excluding carboxylic acids is 1. The fourth-order valence-electron chi connectivity index (χ4n) is 1.55. The third kappa shape index (κ3) is 5.33. The predicted molar refractivity (Wildman–Crippen MR) is 74.1 cm³/mol. The molecule has 0 fully saturated rings. The third-order valence-electron chi connectivity index (χ3n) is 2.56. The van der Waals surface area contributed by atoms with Gasteiger partial charge in [0, 0.05) is 11.0 Å². The molecule has 0 unspecified atom stereocenters. The van der Waals surface area contributed by atoms with E-state index in [9.17, 15) is 4.79 Å². The van der Waals surface area contributed by atoms with E-state index in [-0.39, 0.29) is 5.91 Å². The molecule has 0 radical (unpaired) electrons. The summed E-state index contributed by atoms with van der Waals surface area (Å²) in [7, 11) is 0. The standard InChI is InChI=1S/C13H19BrN2O/c1-3-15-9-13(17)16-7-6-11-8-12(14)5-4-10(11)2/h4-5,8,15H,3,6-7,9H2,1-2H3,(H,16,17). The Hall–Kier alpha value is -0.870. The van der Waals surface area contributed by atoms with Crippen LogP contribution >= 0.6 is 15.9 Å². The lowest BCUT2D eigenvalue weighted by Crippen LogP contribution is -2.34. The fourth-order valence-corrected chi connectivity index (χ4v) is 1.96. The SMILES string of the molecule is CCNCC(=O)NCCc1cc(Br)ccc1C. The second kappa shape index (κ2) is 7.45. The van der Waals surface area contributed by atoms with Gasteiger partial charge in [0.2, 0.25) is 5.91 Å². The van der Waals surface area contributed by atoms with Gasteiger partial charge in [-0.1, -0.05) is 28.9 Å². The molecule has 2 N–H and O–H groups in total. The van der Waals surface area contributed by atoms with Gasteiger partial charge in [-0.3, -0.25) is 4.79 Å². The van der Waals surface area contributed by atoms with Crippen LogP contribution < -0.4 is 10.6 Å². The molecular weight excluding hydrogens is 280 g/mol. The second-order valence-corrected chi connectivity index (χ2v) is 4.87. The zero-order valence-corrected chi connectivity index (χ0v) is 11.9. The highest BCUT2D eigenvalue weighted by Gasteiger charge is 2.02. The molecule has 0 saturated carbocycles. The van der Waals surface area contributed by atoms with Crippen LogP contribution in [-0.2, 0) is 11.2 Å². The maximum atomic E-state index is 11.4. The molecule has 1 aromatic carbocycles. The Bertz CT molecular complexity index is 380. The Morgan fingerprint density at radius 3 is 2.88 bits per heavy atom. The monoisotopic (exact) mass is 298 g/mol. The van der Waals surface area contributed by atoms with Gasteiger partial charge in [-0.2, -0.15) is 0 Å². The first-order valence-electron chi connectivity index (χ1n) is 5.86. The first kappa shape index (κ1) is 14.2. The molecule has 4 heteroatoms. The predicted octanol–water partition coefficient (Wildman–Crippen LogP) is 2.03. The summed E-state index contributed by atoms with van der Waals surface area (Å²) in [6.45, 7) is 5.97.